The number of thiocarbonyl (C=S) groups is 2. The molecule has 8 aromatic heterocycles. The number of fused-ring (bicyclic) bond motifs is 2. The second-order valence-electron chi connectivity index (χ2n) is 12.6. The molecule has 0 aliphatic rings. The fourth-order valence-electron chi connectivity index (χ4n) is 5.83. The molecule has 8 heterocycles. The summed E-state index contributed by atoms with van der Waals surface area (Å²) in [5, 5.41) is 34.6. The van der Waals surface area contributed by atoms with Crippen LogP contribution in [0.5, 0.6) is 0 Å². The van der Waals surface area contributed by atoms with Crippen molar-refractivity contribution in [3.05, 3.63) is 129 Å². The standard InChI is InChI=1S/C29H26N2S4.C12H8N2O4.2CNS.Ru/c1-3-4-5-6-7-21-15-27-29(33-21)17-25(35-27)20-9-11-31-23(14-20)22-13-19(8-10-30-22)24-16-28-26(34-24)12-18(2)32-28;15-11(16)7-1-3-13-9(5-7)10-6-8(12(17)18)2-4-14-10;2*2-1-3;/h8-17H,3-7H2,1-2H3;1-6H,(H,15,16)(H,17,18);;;/q;;2*-1;+2. The molecular weight excluding hydrogens is 958 g/mol. The van der Waals surface area contributed by atoms with Crippen molar-refractivity contribution in [1.29, 1.82) is 0 Å². The Kier molecular flexibility index (Phi) is 18.9. The maximum Gasteiger partial charge on any atom is 2.00 e. The predicted octanol–water partition coefficient (Wildman–Crippen LogP) is 13.3. The van der Waals surface area contributed by atoms with Crippen LogP contribution in [-0.4, -0.2) is 52.4 Å². The number of rotatable bonds is 11. The number of nitrogens with zero attached hydrogens (tertiary/aromatic N) is 6. The number of thiophene rings is 4. The number of carboxylic acids is 2. The number of aromatic nitrogens is 4. The molecule has 0 aliphatic carbocycles. The maximum absolute atomic E-state index is 10.8. The van der Waals surface area contributed by atoms with Crippen LogP contribution in [0.1, 0.15) is 63.1 Å². The number of hydrogen-bond donors (Lipinski definition) is 2. The number of hydrogen-bond acceptors (Lipinski definition) is 12. The first-order valence-electron chi connectivity index (χ1n) is 17.9. The van der Waals surface area contributed by atoms with Gasteiger partial charge >= 0.3 is 31.4 Å². The Morgan fingerprint density at radius 1 is 0.600 bits per heavy atom. The van der Waals surface area contributed by atoms with E-state index in [0.717, 1.165) is 11.4 Å². The maximum atomic E-state index is 10.8. The molecule has 0 atom stereocenters. The van der Waals surface area contributed by atoms with E-state index in [-0.39, 0.29) is 30.6 Å². The van der Waals surface area contributed by atoms with Gasteiger partial charge in [-0.15, -0.1) is 45.3 Å². The zero-order chi connectivity index (χ0) is 42.3. The molecule has 8 rings (SSSR count). The van der Waals surface area contributed by atoms with Gasteiger partial charge in [0, 0.05) is 63.1 Å². The first kappa shape index (κ1) is 47.8. The molecule has 10 nitrogen and oxygen atoms in total. The molecule has 0 bridgehead atoms. The Labute approximate surface area is 385 Å². The Bertz CT molecular complexity index is 2650. The topological polar surface area (TPSA) is 171 Å². The number of carboxylic acid groups (broad SMARTS) is 2. The van der Waals surface area contributed by atoms with Gasteiger partial charge in [0.1, 0.15) is 0 Å². The zero-order valence-electron chi connectivity index (χ0n) is 32.0. The largest absolute Gasteiger partial charge is 2.00 e. The van der Waals surface area contributed by atoms with Gasteiger partial charge in [-0.3, -0.25) is 19.9 Å². The van der Waals surface area contributed by atoms with Crippen molar-refractivity contribution >= 4 is 111 Å². The molecule has 0 aromatic carbocycles. The normalized spacial score (nSPS) is 10.1. The summed E-state index contributed by atoms with van der Waals surface area (Å²) < 4.78 is 5.54. The molecular formula is C43H34N6O4RuS6. The van der Waals surface area contributed by atoms with E-state index in [1.54, 1.807) is 0 Å². The van der Waals surface area contributed by atoms with Crippen LogP contribution in [0.3, 0.4) is 0 Å². The molecule has 0 spiro atoms. The first-order chi connectivity index (χ1) is 28.6. The first-order valence-corrected chi connectivity index (χ1v) is 22.0. The number of aryl methyl sites for hydroxylation is 2. The summed E-state index contributed by atoms with van der Waals surface area (Å²) in [5.74, 6) is -2.15. The molecule has 17 heteroatoms. The summed E-state index contributed by atoms with van der Waals surface area (Å²) in [7, 11) is 0. The number of isothiocyanates is 2. The number of pyridine rings is 4. The molecule has 0 amide bonds. The van der Waals surface area contributed by atoms with Gasteiger partial charge in [0.25, 0.3) is 0 Å². The van der Waals surface area contributed by atoms with Crippen LogP contribution in [0.4, 0.5) is 0 Å². The average molecular weight is 992 g/mol. The van der Waals surface area contributed by atoms with Gasteiger partial charge in [0.15, 0.2) is 0 Å². The second kappa shape index (κ2) is 23.8. The van der Waals surface area contributed by atoms with Crippen LogP contribution in [0, 0.1) is 6.92 Å². The zero-order valence-corrected chi connectivity index (χ0v) is 38.6. The minimum absolute atomic E-state index is 0. The fraction of sp³-hybridized carbons (Fsp3) is 0.163. The van der Waals surface area contributed by atoms with Crippen LogP contribution in [0.2, 0.25) is 0 Å². The van der Waals surface area contributed by atoms with E-state index in [9.17, 15) is 9.59 Å². The van der Waals surface area contributed by atoms with E-state index in [0.29, 0.717) is 11.4 Å². The van der Waals surface area contributed by atoms with Crippen molar-refractivity contribution in [1.82, 2.24) is 19.9 Å². The van der Waals surface area contributed by atoms with Gasteiger partial charge in [0.05, 0.1) is 33.9 Å². The van der Waals surface area contributed by atoms with Gasteiger partial charge in [-0.05, 0) is 104 Å². The van der Waals surface area contributed by atoms with Gasteiger partial charge in [0.2, 0.25) is 0 Å². The van der Waals surface area contributed by atoms with Gasteiger partial charge < -0.3 is 21.0 Å². The van der Waals surface area contributed by atoms with E-state index >= 15 is 0 Å². The summed E-state index contributed by atoms with van der Waals surface area (Å²) in [6.45, 7) is 4.44. The summed E-state index contributed by atoms with van der Waals surface area (Å²) in [4.78, 5) is 44.4. The van der Waals surface area contributed by atoms with E-state index in [2.05, 4.69) is 107 Å². The molecule has 0 fully saturated rings. The second-order valence-corrected chi connectivity index (χ2v) is 17.6. The van der Waals surface area contributed by atoms with Crippen LogP contribution < -0.4 is 0 Å². The van der Waals surface area contributed by atoms with Gasteiger partial charge in [-0.1, -0.05) is 50.6 Å². The number of aromatic carboxylic acids is 2. The van der Waals surface area contributed by atoms with Crippen molar-refractivity contribution < 1.29 is 39.3 Å². The third kappa shape index (κ3) is 13.0. The van der Waals surface area contributed by atoms with Crippen LogP contribution in [0.15, 0.2) is 97.6 Å². The summed E-state index contributed by atoms with van der Waals surface area (Å²) in [6.07, 6.45) is 13.0. The van der Waals surface area contributed by atoms with E-state index in [1.165, 1.54) is 129 Å². The Morgan fingerprint density at radius 2 is 1.02 bits per heavy atom. The molecule has 60 heavy (non-hydrogen) atoms. The van der Waals surface area contributed by atoms with Gasteiger partial charge in [-0.2, -0.15) is 10.3 Å². The third-order valence-electron chi connectivity index (χ3n) is 8.49. The van der Waals surface area contributed by atoms with Crippen molar-refractivity contribution in [2.75, 3.05) is 0 Å². The van der Waals surface area contributed by atoms with Crippen LogP contribution in [-0.2, 0) is 25.9 Å². The Balaban J connectivity index is 0.000000267. The van der Waals surface area contributed by atoms with Crippen LogP contribution in [0.25, 0.3) is 73.3 Å². The molecule has 2 N–H and O–H groups in total. The Hall–Kier alpha value is -4.92. The smallest absolute Gasteiger partial charge is 0.753 e. The predicted molar refractivity (Wildman–Crippen MR) is 251 cm³/mol. The minimum Gasteiger partial charge on any atom is -0.753 e. The monoisotopic (exact) mass is 992 g/mol. The van der Waals surface area contributed by atoms with Crippen molar-refractivity contribution in [2.45, 2.75) is 46.0 Å². The number of carbonyl (C=O) groups is 2. The van der Waals surface area contributed by atoms with Crippen molar-refractivity contribution in [3.8, 4) is 43.7 Å². The summed E-state index contributed by atoms with van der Waals surface area (Å²) in [5.41, 5.74) is 5.04. The number of unbranched alkanes of at least 4 members (excludes halogenated alkanes) is 3. The molecule has 0 radical (unpaired) electrons. The molecule has 0 unspecified atom stereocenters. The molecule has 0 saturated carbocycles. The van der Waals surface area contributed by atoms with Crippen molar-refractivity contribution in [2.24, 2.45) is 0 Å². The minimum atomic E-state index is -1.08. The average Bonchev–Trinajstić information content (AvgIpc) is 4.01. The third-order valence-corrected chi connectivity index (χ3v) is 13.2. The summed E-state index contributed by atoms with van der Waals surface area (Å²) in [6, 6.07) is 23.3. The molecule has 304 valence electrons. The molecule has 0 saturated heterocycles. The fourth-order valence-corrected chi connectivity index (χ4v) is 10.6. The molecule has 8 aromatic rings. The SMILES string of the molecule is CCCCCCc1cc2sc(-c3ccnc(-c4cc(-c5cc6sc(C)cc6s5)ccn4)c3)cc2s1.O=C(O)c1ccnc(-c2cc(C(=O)O)ccn2)c1.[N-]=C=S.[N-]=C=S.[Ru+2]. The summed E-state index contributed by atoms with van der Waals surface area (Å²) >= 11 is 15.0. The Morgan fingerprint density at radius 3 is 1.45 bits per heavy atom. The van der Waals surface area contributed by atoms with Gasteiger partial charge in [-0.25, -0.2) is 9.59 Å². The van der Waals surface area contributed by atoms with E-state index < -0.39 is 11.9 Å². The van der Waals surface area contributed by atoms with E-state index in [1.807, 2.05) is 57.7 Å². The van der Waals surface area contributed by atoms with E-state index in [4.69, 9.17) is 21.0 Å². The van der Waals surface area contributed by atoms with Crippen LogP contribution >= 0.6 is 69.8 Å². The molecule has 0 aliphatic heterocycles. The quantitative estimate of drug-likeness (QED) is 0.0550. The van der Waals surface area contributed by atoms with Crippen molar-refractivity contribution in [3.63, 3.8) is 0 Å².